The van der Waals surface area contributed by atoms with Crippen LogP contribution in [0.4, 0.5) is 10.6 Å². The lowest BCUT2D eigenvalue weighted by Gasteiger charge is -2.29. The number of amides is 3. The zero-order chi connectivity index (χ0) is 39.7. The molecule has 0 aromatic carbocycles. The molecule has 24 nitrogen and oxygen atoms in total. The zero-order valence-electron chi connectivity index (χ0n) is 29.0. The van der Waals surface area contributed by atoms with Crippen LogP contribution < -0.4 is 16.8 Å². The summed E-state index contributed by atoms with van der Waals surface area (Å²) < 4.78 is 45.2. The molecule has 11 atom stereocenters. The van der Waals surface area contributed by atoms with Crippen LogP contribution in [0, 0.1) is 11.8 Å². The van der Waals surface area contributed by atoms with Crippen molar-refractivity contribution in [3.05, 3.63) is 12.7 Å². The van der Waals surface area contributed by atoms with E-state index < -0.39 is 90.2 Å². The van der Waals surface area contributed by atoms with Crippen molar-refractivity contribution < 1.29 is 72.1 Å². The number of nitrogen functional groups attached to an aromatic ring is 1. The number of nitrogens with one attached hydrogen (secondary N) is 1. The molecular weight excluding hydrogens is 752 g/mol. The monoisotopic (exact) mass is 799 g/mol. The number of phosphoric acid groups is 2. The summed E-state index contributed by atoms with van der Waals surface area (Å²) in [5.41, 5.74) is 11.7. The third kappa shape index (κ3) is 13.0. The largest absolute Gasteiger partial charge is 0.481 e. The number of hydrogen-bond donors (Lipinski definition) is 10. The number of nitrogens with zero attached hydrogens (tertiary/aromatic N) is 6. The van der Waals surface area contributed by atoms with Crippen LogP contribution in [0.25, 0.3) is 11.2 Å². The van der Waals surface area contributed by atoms with Crippen molar-refractivity contribution in [3.8, 4) is 0 Å². The lowest BCUT2D eigenvalue weighted by atomic mass is 9.90. The Labute approximate surface area is 303 Å². The summed E-state index contributed by atoms with van der Waals surface area (Å²) in [6, 6.07) is -0.988. The smallest absolute Gasteiger partial charge is 0.388 e. The average Bonchev–Trinajstić information content (AvgIpc) is 3.63. The van der Waals surface area contributed by atoms with Crippen molar-refractivity contribution in [2.45, 2.75) is 76.5 Å². The molecule has 0 spiro atoms. The number of nitrogens with two attached hydrogens (primary N) is 2. The standard InChI is InChI=1S/C27H47N9O15P2/c1-14(4-6-28)15(2)5-7-35(12-33-27(43)34-16(3)37)8-17(38)21(40)18(39)9-48-52(44,45)51-53(46,47)49-10-19-22(41)23(42)26(50-19)36-13-32-20-24(29)30-11-31-25(20)36/h11-15,17-19,21-23,26,38-42H,4-10,28H2,1-3H3,(H,44,45)(H,46,47)(H2,29,30,31)(H,34,37,43)/b33-12+/t14-,15+,17+,18-,19-,21+,22-,23-,26-/m1/s1. The number of aliphatic hydroxyl groups is 5. The number of ether oxygens (including phenoxy) is 1. The number of rotatable bonds is 20. The Hall–Kier alpha value is -3.06. The molecule has 0 aliphatic carbocycles. The number of phosphoric ester groups is 2. The zero-order valence-corrected chi connectivity index (χ0v) is 30.8. The minimum atomic E-state index is -5.50. The van der Waals surface area contributed by atoms with E-state index in [9.17, 15) is 54.0 Å². The van der Waals surface area contributed by atoms with E-state index in [0.717, 1.165) is 26.0 Å². The van der Waals surface area contributed by atoms with Gasteiger partial charge in [-0.25, -0.2) is 28.9 Å². The minimum Gasteiger partial charge on any atom is -0.388 e. The van der Waals surface area contributed by atoms with Gasteiger partial charge in [0.05, 0.1) is 32.0 Å². The molecule has 1 aliphatic rings. The Balaban J connectivity index is 1.54. The highest BCUT2D eigenvalue weighted by atomic mass is 31.3. The maximum Gasteiger partial charge on any atom is 0.481 e. The number of anilines is 1. The van der Waals surface area contributed by atoms with Crippen LogP contribution in [0.5, 0.6) is 0 Å². The highest BCUT2D eigenvalue weighted by molar-refractivity contribution is 7.61. The van der Waals surface area contributed by atoms with Gasteiger partial charge in [0.2, 0.25) is 5.91 Å². The quantitative estimate of drug-likeness (QED) is 0.0392. The molecule has 12 N–H and O–H groups in total. The van der Waals surface area contributed by atoms with E-state index in [1.165, 1.54) is 15.8 Å². The third-order valence-electron chi connectivity index (χ3n) is 8.31. The molecule has 1 fully saturated rings. The van der Waals surface area contributed by atoms with Crippen LogP contribution in [0.3, 0.4) is 0 Å². The SMILES string of the molecule is CC(=O)NC(=O)/N=C/N(CC[C@H](C)[C@H](C)CCN)C[C@H](O)[C@H](O)[C@H](O)COP(=O)(O)OP(=O)(O)OC[C@H]1O[C@@H](n2cnc3c(N)ncnc32)[C@H](O)[C@@H]1O. The second-order valence-corrected chi connectivity index (χ2v) is 15.5. The second kappa shape index (κ2) is 19.5. The van der Waals surface area contributed by atoms with Gasteiger partial charge in [-0.2, -0.15) is 9.30 Å². The average molecular weight is 800 g/mol. The van der Waals surface area contributed by atoms with Crippen LogP contribution in [-0.4, -0.2) is 147 Å². The number of imide groups is 1. The van der Waals surface area contributed by atoms with Crippen molar-refractivity contribution in [2.24, 2.45) is 22.6 Å². The van der Waals surface area contributed by atoms with E-state index in [-0.39, 0.29) is 35.4 Å². The van der Waals surface area contributed by atoms with Gasteiger partial charge in [-0.05, 0) is 31.2 Å². The van der Waals surface area contributed by atoms with Crippen LogP contribution in [0.1, 0.15) is 39.8 Å². The maximum atomic E-state index is 12.5. The van der Waals surface area contributed by atoms with Crippen molar-refractivity contribution in [1.82, 2.24) is 29.7 Å². The topological polar surface area (TPSA) is 370 Å². The Bertz CT molecular complexity index is 1650. The maximum absolute atomic E-state index is 12.5. The molecule has 53 heavy (non-hydrogen) atoms. The minimum absolute atomic E-state index is 0.0329. The normalized spacial score (nSPS) is 24.3. The summed E-state index contributed by atoms with van der Waals surface area (Å²) in [7, 11) is -11.0. The number of fused-ring (bicyclic) bond motifs is 1. The number of carbonyl (C=O) groups is 2. The molecule has 3 rings (SSSR count). The molecule has 2 aromatic heterocycles. The fourth-order valence-corrected chi connectivity index (χ4v) is 7.18. The van der Waals surface area contributed by atoms with E-state index in [4.69, 9.17) is 20.7 Å². The summed E-state index contributed by atoms with van der Waals surface area (Å²) in [6.07, 6.45) is -7.29. The first-order valence-electron chi connectivity index (χ1n) is 16.2. The molecule has 0 bridgehead atoms. The van der Waals surface area contributed by atoms with Gasteiger partial charge in [0.25, 0.3) is 0 Å². The molecule has 0 radical (unpaired) electrons. The number of urea groups is 1. The number of carbonyl (C=O) groups excluding carboxylic acids is 2. The van der Waals surface area contributed by atoms with E-state index >= 15 is 0 Å². The molecule has 1 saturated heterocycles. The summed E-state index contributed by atoms with van der Waals surface area (Å²) in [4.78, 5) is 59.9. The van der Waals surface area contributed by atoms with Gasteiger partial charge in [0.15, 0.2) is 17.7 Å². The number of aliphatic imine (C=N–C) groups is 1. The van der Waals surface area contributed by atoms with Crippen LogP contribution >= 0.6 is 15.6 Å². The van der Waals surface area contributed by atoms with Crippen molar-refractivity contribution in [1.29, 1.82) is 0 Å². The predicted molar refractivity (Wildman–Crippen MR) is 182 cm³/mol. The Morgan fingerprint density at radius 3 is 2.40 bits per heavy atom. The van der Waals surface area contributed by atoms with E-state index in [1.807, 2.05) is 19.2 Å². The third-order valence-corrected chi connectivity index (χ3v) is 10.9. The van der Waals surface area contributed by atoms with Crippen LogP contribution in [0.2, 0.25) is 0 Å². The Kier molecular flexibility index (Phi) is 16.3. The second-order valence-electron chi connectivity index (χ2n) is 12.4. The lowest BCUT2D eigenvalue weighted by molar-refractivity contribution is -0.117. The molecule has 300 valence electrons. The Morgan fingerprint density at radius 1 is 1.08 bits per heavy atom. The first-order chi connectivity index (χ1) is 24.7. The van der Waals surface area contributed by atoms with Gasteiger partial charge < -0.3 is 56.4 Å². The summed E-state index contributed by atoms with van der Waals surface area (Å²) in [5, 5.41) is 54.4. The number of hydrogen-bond acceptors (Lipinski definition) is 18. The van der Waals surface area contributed by atoms with Crippen molar-refractivity contribution in [3.63, 3.8) is 0 Å². The van der Waals surface area contributed by atoms with Gasteiger partial charge in [-0.1, -0.05) is 13.8 Å². The first kappa shape index (κ1) is 44.3. The van der Waals surface area contributed by atoms with Crippen LogP contribution in [-0.2, 0) is 32.0 Å². The molecule has 2 unspecified atom stereocenters. The predicted octanol–water partition coefficient (Wildman–Crippen LogP) is -2.04. The molecule has 0 saturated carbocycles. The summed E-state index contributed by atoms with van der Waals surface area (Å²) in [5.74, 6) is -0.247. The van der Waals surface area contributed by atoms with Gasteiger partial charge in [0.1, 0.15) is 42.4 Å². The van der Waals surface area contributed by atoms with Gasteiger partial charge in [-0.15, -0.1) is 0 Å². The van der Waals surface area contributed by atoms with Crippen molar-refractivity contribution >= 4 is 50.9 Å². The van der Waals surface area contributed by atoms with Gasteiger partial charge in [0, 0.05) is 20.0 Å². The highest BCUT2D eigenvalue weighted by Gasteiger charge is 2.46. The fourth-order valence-electron chi connectivity index (χ4n) is 5.09. The molecule has 26 heteroatoms. The molecule has 2 aromatic rings. The van der Waals surface area contributed by atoms with E-state index in [2.05, 4.69) is 28.8 Å². The van der Waals surface area contributed by atoms with Crippen molar-refractivity contribution in [2.75, 3.05) is 38.6 Å². The summed E-state index contributed by atoms with van der Waals surface area (Å²) >= 11 is 0. The lowest BCUT2D eigenvalue weighted by Crippen LogP contribution is -2.46. The number of aromatic nitrogens is 4. The van der Waals surface area contributed by atoms with Gasteiger partial charge >= 0.3 is 21.7 Å². The van der Waals surface area contributed by atoms with E-state index in [0.29, 0.717) is 13.0 Å². The highest BCUT2D eigenvalue weighted by Crippen LogP contribution is 2.60. The fraction of sp³-hybridized carbons (Fsp3) is 0.704. The molecule has 3 amide bonds. The molecule has 1 aliphatic heterocycles. The molecule has 3 heterocycles. The summed E-state index contributed by atoms with van der Waals surface area (Å²) in [6.45, 7) is 3.22. The Morgan fingerprint density at radius 2 is 1.74 bits per heavy atom. The van der Waals surface area contributed by atoms with Gasteiger partial charge in [-0.3, -0.25) is 23.7 Å². The van der Waals surface area contributed by atoms with Crippen LogP contribution in [0.15, 0.2) is 17.6 Å². The number of aliphatic hydroxyl groups excluding tert-OH is 5. The first-order valence-corrected chi connectivity index (χ1v) is 19.2. The van der Waals surface area contributed by atoms with E-state index in [1.54, 1.807) is 0 Å². The number of imidazole rings is 1. The molecular formula is C27H47N9O15P2.